The Morgan fingerprint density at radius 1 is 1.07 bits per heavy atom. The molecular formula is C22H24N2O6. The fourth-order valence-electron chi connectivity index (χ4n) is 2.68. The van der Waals surface area contributed by atoms with E-state index in [9.17, 15) is 24.5 Å². The quantitative estimate of drug-likeness (QED) is 0.322. The van der Waals surface area contributed by atoms with E-state index >= 15 is 0 Å². The maximum atomic E-state index is 12.5. The van der Waals surface area contributed by atoms with E-state index in [1.54, 1.807) is 12.1 Å². The molecule has 0 saturated carbocycles. The molecule has 1 N–H and O–H groups in total. The van der Waals surface area contributed by atoms with Crippen molar-refractivity contribution in [2.75, 3.05) is 6.54 Å². The van der Waals surface area contributed by atoms with Gasteiger partial charge in [-0.15, -0.1) is 0 Å². The molecule has 1 atom stereocenters. The number of non-ortho nitro benzene ring substituents is 1. The smallest absolute Gasteiger partial charge is 0.326 e. The average Bonchev–Trinajstić information content (AvgIpc) is 2.70. The van der Waals surface area contributed by atoms with Crippen molar-refractivity contribution >= 4 is 23.3 Å². The summed E-state index contributed by atoms with van der Waals surface area (Å²) in [6.45, 7) is 7.19. The fourth-order valence-corrected chi connectivity index (χ4v) is 2.68. The van der Waals surface area contributed by atoms with E-state index in [0.29, 0.717) is 5.56 Å². The van der Waals surface area contributed by atoms with Gasteiger partial charge >= 0.3 is 5.97 Å². The number of hydrogen-bond donors (Lipinski definition) is 1. The molecule has 0 bridgehead atoms. The summed E-state index contributed by atoms with van der Waals surface area (Å²) in [7, 11) is 0. The number of ketones is 1. The van der Waals surface area contributed by atoms with Gasteiger partial charge in [-0.2, -0.15) is 0 Å². The van der Waals surface area contributed by atoms with Gasteiger partial charge in [-0.3, -0.25) is 24.5 Å². The molecule has 2 aromatic carbocycles. The van der Waals surface area contributed by atoms with Gasteiger partial charge in [0.25, 0.3) is 11.6 Å². The highest BCUT2D eigenvalue weighted by Gasteiger charge is 2.21. The minimum atomic E-state index is -1.02. The van der Waals surface area contributed by atoms with Crippen LogP contribution in [-0.4, -0.2) is 35.2 Å². The molecule has 0 aliphatic rings. The van der Waals surface area contributed by atoms with Crippen LogP contribution in [0.5, 0.6) is 0 Å². The number of nitrogens with one attached hydrogen (secondary N) is 1. The molecule has 1 amide bonds. The first kappa shape index (κ1) is 22.7. The number of benzene rings is 2. The first-order valence-corrected chi connectivity index (χ1v) is 9.36. The number of nitrogens with zero attached hydrogens (tertiary/aromatic N) is 1. The Labute approximate surface area is 174 Å². The number of hydrogen-bond acceptors (Lipinski definition) is 6. The zero-order valence-corrected chi connectivity index (χ0v) is 17.3. The Bertz CT molecular complexity index is 960. The summed E-state index contributed by atoms with van der Waals surface area (Å²) >= 11 is 0. The summed E-state index contributed by atoms with van der Waals surface area (Å²) in [6, 6.07) is 12.2. The standard InChI is InChI=1S/C22H24N2O6/c1-14(20(26)15-8-10-17(11-9-15)22(2,3)4)30-19(25)13-23-21(27)16-6-5-7-18(12-16)24(28)29/h5-12,14H,13H2,1-4H3,(H,23,27)/t14-/m0/s1. The van der Waals surface area contributed by atoms with Crippen molar-refractivity contribution < 1.29 is 24.0 Å². The lowest BCUT2D eigenvalue weighted by Gasteiger charge is -2.19. The summed E-state index contributed by atoms with van der Waals surface area (Å²) in [6.07, 6.45) is -1.02. The van der Waals surface area contributed by atoms with Gasteiger partial charge in [0.1, 0.15) is 6.54 Å². The second-order valence-electron chi connectivity index (χ2n) is 7.81. The van der Waals surface area contributed by atoms with Crippen LogP contribution in [0.2, 0.25) is 0 Å². The Morgan fingerprint density at radius 3 is 2.27 bits per heavy atom. The van der Waals surface area contributed by atoms with Crippen LogP contribution in [0.15, 0.2) is 48.5 Å². The van der Waals surface area contributed by atoms with Gasteiger partial charge in [-0.05, 0) is 24.0 Å². The number of Topliss-reactive ketones (excluding diaryl/α,β-unsaturated/α-hetero) is 1. The van der Waals surface area contributed by atoms with Crippen molar-refractivity contribution in [3.63, 3.8) is 0 Å². The van der Waals surface area contributed by atoms with Crippen LogP contribution in [-0.2, 0) is 14.9 Å². The van der Waals surface area contributed by atoms with E-state index in [1.807, 2.05) is 12.1 Å². The predicted molar refractivity (Wildman–Crippen MR) is 110 cm³/mol. The van der Waals surface area contributed by atoms with Crippen LogP contribution in [0.25, 0.3) is 0 Å². The van der Waals surface area contributed by atoms with Crippen molar-refractivity contribution in [1.29, 1.82) is 0 Å². The van der Waals surface area contributed by atoms with Gasteiger partial charge in [0, 0.05) is 23.3 Å². The van der Waals surface area contributed by atoms with E-state index in [-0.39, 0.29) is 22.4 Å². The molecule has 2 aromatic rings. The second-order valence-corrected chi connectivity index (χ2v) is 7.81. The Balaban J connectivity index is 1.91. The monoisotopic (exact) mass is 412 g/mol. The second kappa shape index (κ2) is 9.30. The third-order valence-electron chi connectivity index (χ3n) is 4.43. The van der Waals surface area contributed by atoms with E-state index in [4.69, 9.17) is 4.74 Å². The molecule has 0 aliphatic carbocycles. The van der Waals surface area contributed by atoms with Crippen molar-refractivity contribution in [3.05, 3.63) is 75.3 Å². The summed E-state index contributed by atoms with van der Waals surface area (Å²) in [5, 5.41) is 13.1. The Morgan fingerprint density at radius 2 is 1.70 bits per heavy atom. The van der Waals surface area contributed by atoms with Gasteiger partial charge in [-0.25, -0.2) is 0 Å². The molecule has 0 unspecified atom stereocenters. The molecule has 0 saturated heterocycles. The van der Waals surface area contributed by atoms with E-state index < -0.39 is 29.4 Å². The fraction of sp³-hybridized carbons (Fsp3) is 0.318. The van der Waals surface area contributed by atoms with Crippen LogP contribution in [0.4, 0.5) is 5.69 Å². The van der Waals surface area contributed by atoms with Crippen molar-refractivity contribution in [3.8, 4) is 0 Å². The minimum Gasteiger partial charge on any atom is -0.453 e. The number of nitro benzene ring substituents is 1. The number of amides is 1. The summed E-state index contributed by atoms with van der Waals surface area (Å²) in [5.74, 6) is -1.80. The molecule has 0 fully saturated rings. The van der Waals surface area contributed by atoms with Gasteiger partial charge in [0.05, 0.1) is 4.92 Å². The topological polar surface area (TPSA) is 116 Å². The molecule has 8 nitrogen and oxygen atoms in total. The molecule has 0 spiro atoms. The molecule has 158 valence electrons. The third-order valence-corrected chi connectivity index (χ3v) is 4.43. The zero-order valence-electron chi connectivity index (χ0n) is 17.3. The Kier molecular flexibility index (Phi) is 7.05. The normalized spacial score (nSPS) is 12.0. The van der Waals surface area contributed by atoms with Gasteiger partial charge < -0.3 is 10.1 Å². The lowest BCUT2D eigenvalue weighted by Crippen LogP contribution is -2.34. The highest BCUT2D eigenvalue weighted by Crippen LogP contribution is 2.22. The van der Waals surface area contributed by atoms with E-state index in [0.717, 1.165) is 11.6 Å². The average molecular weight is 412 g/mol. The van der Waals surface area contributed by atoms with Crippen molar-refractivity contribution in [2.45, 2.75) is 39.2 Å². The van der Waals surface area contributed by atoms with Crippen LogP contribution in [0.1, 0.15) is 54.0 Å². The number of carbonyl (C=O) groups is 3. The number of esters is 1. The van der Waals surface area contributed by atoms with Crippen LogP contribution >= 0.6 is 0 Å². The minimum absolute atomic E-state index is 0.0417. The molecule has 8 heteroatoms. The molecule has 0 radical (unpaired) electrons. The first-order valence-electron chi connectivity index (χ1n) is 9.36. The number of ether oxygens (including phenoxy) is 1. The van der Waals surface area contributed by atoms with Crippen LogP contribution in [0.3, 0.4) is 0 Å². The molecule has 0 aliphatic heterocycles. The number of carbonyl (C=O) groups excluding carboxylic acids is 3. The molecule has 0 aromatic heterocycles. The first-order chi connectivity index (χ1) is 14.0. The maximum absolute atomic E-state index is 12.5. The van der Waals surface area contributed by atoms with Gasteiger partial charge in [-0.1, -0.05) is 51.1 Å². The Hall–Kier alpha value is -3.55. The molecular weight excluding hydrogens is 388 g/mol. The third kappa shape index (κ3) is 5.97. The van der Waals surface area contributed by atoms with Gasteiger partial charge in [0.15, 0.2) is 6.10 Å². The lowest BCUT2D eigenvalue weighted by atomic mass is 9.86. The largest absolute Gasteiger partial charge is 0.453 e. The zero-order chi connectivity index (χ0) is 22.5. The van der Waals surface area contributed by atoms with E-state index in [1.165, 1.54) is 25.1 Å². The molecule has 0 heterocycles. The van der Waals surface area contributed by atoms with E-state index in [2.05, 4.69) is 26.1 Å². The molecule has 2 rings (SSSR count). The maximum Gasteiger partial charge on any atom is 0.326 e. The van der Waals surface area contributed by atoms with Gasteiger partial charge in [0.2, 0.25) is 5.78 Å². The summed E-state index contributed by atoms with van der Waals surface area (Å²) < 4.78 is 5.10. The highest BCUT2D eigenvalue weighted by molar-refractivity contribution is 6.00. The summed E-state index contributed by atoms with van der Waals surface area (Å²) in [5.41, 5.74) is 1.26. The number of rotatable bonds is 7. The van der Waals surface area contributed by atoms with Crippen LogP contribution < -0.4 is 5.32 Å². The van der Waals surface area contributed by atoms with Crippen molar-refractivity contribution in [2.24, 2.45) is 0 Å². The highest BCUT2D eigenvalue weighted by atomic mass is 16.6. The van der Waals surface area contributed by atoms with Crippen molar-refractivity contribution in [1.82, 2.24) is 5.32 Å². The SMILES string of the molecule is C[C@H](OC(=O)CNC(=O)c1cccc([N+](=O)[O-])c1)C(=O)c1ccc(C(C)(C)C)cc1. The summed E-state index contributed by atoms with van der Waals surface area (Å²) in [4.78, 5) is 46.7. The van der Waals surface area contributed by atoms with Crippen LogP contribution in [0, 0.1) is 10.1 Å². The molecule has 30 heavy (non-hydrogen) atoms. The lowest BCUT2D eigenvalue weighted by molar-refractivity contribution is -0.384. The number of nitro groups is 1. The predicted octanol–water partition coefficient (Wildman–Crippen LogP) is 3.44.